The van der Waals surface area contributed by atoms with Crippen molar-refractivity contribution >= 4 is 28.7 Å². The molecule has 0 radical (unpaired) electrons. The zero-order valence-electron chi connectivity index (χ0n) is 16.1. The number of rotatable bonds is 5. The highest BCUT2D eigenvalue weighted by molar-refractivity contribution is 6.51. The van der Waals surface area contributed by atoms with Gasteiger partial charge in [0.25, 0.3) is 11.5 Å². The van der Waals surface area contributed by atoms with Gasteiger partial charge in [-0.15, -0.1) is 0 Å². The zero-order valence-corrected chi connectivity index (χ0v) is 16.1. The second-order valence-electron chi connectivity index (χ2n) is 7.26. The van der Waals surface area contributed by atoms with E-state index in [-0.39, 0.29) is 35.4 Å². The number of allylic oxidation sites excluding steroid dienone is 1. The molecule has 0 spiro atoms. The van der Waals surface area contributed by atoms with E-state index in [4.69, 9.17) is 4.74 Å². The van der Waals surface area contributed by atoms with Crippen molar-refractivity contribution in [3.05, 3.63) is 76.0 Å². The Morgan fingerprint density at radius 3 is 2.50 bits per heavy atom. The molecule has 2 aromatic rings. The molecule has 2 aliphatic heterocycles. The Kier molecular flexibility index (Phi) is 5.33. The van der Waals surface area contributed by atoms with E-state index in [1.807, 2.05) is 0 Å². The molecule has 8 heteroatoms. The number of nitrogens with zero attached hydrogens (tertiary/aromatic N) is 2. The van der Waals surface area contributed by atoms with E-state index in [9.17, 15) is 24.8 Å². The summed E-state index contributed by atoms with van der Waals surface area (Å²) in [4.78, 5) is 38.3. The molecule has 2 unspecified atom stereocenters. The number of hydrogen-bond donors (Lipinski definition) is 1. The van der Waals surface area contributed by atoms with Crippen LogP contribution in [-0.4, -0.2) is 40.3 Å². The van der Waals surface area contributed by atoms with Crippen LogP contribution in [0.2, 0.25) is 0 Å². The van der Waals surface area contributed by atoms with E-state index in [1.165, 1.54) is 23.1 Å². The van der Waals surface area contributed by atoms with Crippen molar-refractivity contribution < 1.29 is 24.4 Å². The topological polar surface area (TPSA) is 110 Å². The van der Waals surface area contributed by atoms with Crippen LogP contribution < -0.4 is 4.90 Å². The molecule has 0 amide bonds. The number of para-hydroxylation sites is 2. The molecule has 2 fully saturated rings. The summed E-state index contributed by atoms with van der Waals surface area (Å²) in [6.07, 6.45) is 1.58. The molecule has 0 saturated carbocycles. The fraction of sp³-hybridized carbons (Fsp3) is 0.273. The molecule has 0 bridgehead atoms. The number of anilines is 1. The van der Waals surface area contributed by atoms with E-state index in [0.29, 0.717) is 12.2 Å². The number of aliphatic hydroxyl groups is 1. The van der Waals surface area contributed by atoms with Crippen LogP contribution in [-0.2, 0) is 14.3 Å². The summed E-state index contributed by atoms with van der Waals surface area (Å²) >= 11 is 0. The molecule has 30 heavy (non-hydrogen) atoms. The molecule has 2 aliphatic rings. The summed E-state index contributed by atoms with van der Waals surface area (Å²) in [7, 11) is 0. The van der Waals surface area contributed by atoms with Crippen LogP contribution in [0.15, 0.2) is 60.3 Å². The van der Waals surface area contributed by atoms with Gasteiger partial charge in [0.05, 0.1) is 11.0 Å². The molecule has 154 valence electrons. The normalized spacial score (nSPS) is 23.1. The Labute approximate surface area is 172 Å². The van der Waals surface area contributed by atoms with Gasteiger partial charge in [0.2, 0.25) is 5.78 Å². The summed E-state index contributed by atoms with van der Waals surface area (Å²) in [6.45, 7) is 0.572. The Morgan fingerprint density at radius 2 is 1.83 bits per heavy atom. The molecule has 2 atom stereocenters. The third kappa shape index (κ3) is 3.46. The first-order valence-electron chi connectivity index (χ1n) is 9.70. The number of carbonyl (C=O) groups excluding carboxylic acids is 2. The number of ketones is 2. The number of aliphatic hydroxyl groups excluding tert-OH is 1. The van der Waals surface area contributed by atoms with Crippen LogP contribution in [0.1, 0.15) is 24.8 Å². The number of nitro groups is 1. The summed E-state index contributed by atoms with van der Waals surface area (Å²) < 4.78 is 5.64. The smallest absolute Gasteiger partial charge is 0.292 e. The molecule has 0 aromatic heterocycles. The fourth-order valence-electron chi connectivity index (χ4n) is 4.01. The third-order valence-electron chi connectivity index (χ3n) is 5.41. The van der Waals surface area contributed by atoms with Gasteiger partial charge in [-0.2, -0.15) is 0 Å². The highest BCUT2D eigenvalue weighted by atomic mass is 16.6. The minimum absolute atomic E-state index is 0.0854. The SMILES string of the molecule is O=C1C(=O)C(CC2CCCO2)N(c2ccccc2[N+](=O)[O-])C1=C(O)c1ccccc1. The Bertz CT molecular complexity index is 1030. The largest absolute Gasteiger partial charge is 0.505 e. The minimum Gasteiger partial charge on any atom is -0.505 e. The maximum atomic E-state index is 12.9. The first-order valence-corrected chi connectivity index (χ1v) is 9.70. The lowest BCUT2D eigenvalue weighted by molar-refractivity contribution is -0.384. The van der Waals surface area contributed by atoms with Crippen LogP contribution in [0.25, 0.3) is 5.76 Å². The summed E-state index contributed by atoms with van der Waals surface area (Å²) in [5, 5.41) is 22.6. The molecule has 1 N–H and O–H groups in total. The monoisotopic (exact) mass is 408 g/mol. The maximum absolute atomic E-state index is 12.9. The summed E-state index contributed by atoms with van der Waals surface area (Å²) in [6, 6.07) is 13.2. The number of benzene rings is 2. The Morgan fingerprint density at radius 1 is 1.13 bits per heavy atom. The first kappa shape index (κ1) is 19.8. The number of ether oxygens (including phenoxy) is 1. The molecule has 4 rings (SSSR count). The maximum Gasteiger partial charge on any atom is 0.292 e. The van der Waals surface area contributed by atoms with Crippen LogP contribution >= 0.6 is 0 Å². The van der Waals surface area contributed by atoms with Gasteiger partial charge in [0, 0.05) is 24.7 Å². The predicted octanol–water partition coefficient (Wildman–Crippen LogP) is 3.42. The van der Waals surface area contributed by atoms with E-state index in [2.05, 4.69) is 0 Å². The van der Waals surface area contributed by atoms with Crippen molar-refractivity contribution in [1.29, 1.82) is 0 Å². The molecular weight excluding hydrogens is 388 g/mol. The molecular formula is C22H20N2O6. The van der Waals surface area contributed by atoms with Crippen LogP contribution in [0.3, 0.4) is 0 Å². The number of hydrogen-bond acceptors (Lipinski definition) is 7. The van der Waals surface area contributed by atoms with Crippen molar-refractivity contribution in [3.8, 4) is 0 Å². The number of nitro benzene ring substituents is 1. The van der Waals surface area contributed by atoms with Crippen molar-refractivity contribution in [3.63, 3.8) is 0 Å². The lowest BCUT2D eigenvalue weighted by Gasteiger charge is -2.27. The van der Waals surface area contributed by atoms with Gasteiger partial charge >= 0.3 is 0 Å². The highest BCUT2D eigenvalue weighted by Gasteiger charge is 2.48. The fourth-order valence-corrected chi connectivity index (χ4v) is 4.01. The molecule has 2 heterocycles. The van der Waals surface area contributed by atoms with Gasteiger partial charge in [-0.1, -0.05) is 42.5 Å². The second kappa shape index (κ2) is 8.08. The quantitative estimate of drug-likeness (QED) is 0.265. The highest BCUT2D eigenvalue weighted by Crippen LogP contribution is 2.40. The predicted molar refractivity (Wildman–Crippen MR) is 109 cm³/mol. The first-order chi connectivity index (χ1) is 14.5. The van der Waals surface area contributed by atoms with Gasteiger partial charge in [-0.25, -0.2) is 0 Å². The van der Waals surface area contributed by atoms with Crippen molar-refractivity contribution in [2.24, 2.45) is 0 Å². The van der Waals surface area contributed by atoms with E-state index < -0.39 is 22.5 Å². The van der Waals surface area contributed by atoms with E-state index in [0.717, 1.165) is 12.8 Å². The molecule has 2 aromatic carbocycles. The molecule has 8 nitrogen and oxygen atoms in total. The standard InChI is InChI=1S/C22H20N2O6/c25-20(14-7-2-1-3-8-14)19-22(27)21(26)18(13-15-9-6-12-30-15)23(19)16-10-4-5-11-17(16)24(28)29/h1-5,7-8,10-11,15,18,25H,6,9,12-13H2. The number of carbonyl (C=O) groups is 2. The van der Waals surface area contributed by atoms with Crippen molar-refractivity contribution in [2.45, 2.75) is 31.4 Å². The van der Waals surface area contributed by atoms with Crippen molar-refractivity contribution in [2.75, 3.05) is 11.5 Å². The van der Waals surface area contributed by atoms with Crippen LogP contribution in [0.4, 0.5) is 11.4 Å². The Balaban J connectivity index is 1.89. The van der Waals surface area contributed by atoms with Gasteiger partial charge in [-0.3, -0.25) is 19.7 Å². The minimum atomic E-state index is -0.984. The van der Waals surface area contributed by atoms with Crippen molar-refractivity contribution in [1.82, 2.24) is 0 Å². The summed E-state index contributed by atoms with van der Waals surface area (Å²) in [5.41, 5.74) is -0.0728. The van der Waals surface area contributed by atoms with Gasteiger partial charge in [0.15, 0.2) is 5.76 Å². The molecule has 2 saturated heterocycles. The zero-order chi connectivity index (χ0) is 21.3. The van der Waals surface area contributed by atoms with Gasteiger partial charge < -0.3 is 14.7 Å². The van der Waals surface area contributed by atoms with Crippen LogP contribution in [0, 0.1) is 10.1 Å². The Hall–Kier alpha value is -3.52. The second-order valence-corrected chi connectivity index (χ2v) is 7.26. The lowest BCUT2D eigenvalue weighted by Crippen LogP contribution is -2.36. The third-order valence-corrected chi connectivity index (χ3v) is 5.41. The lowest BCUT2D eigenvalue weighted by atomic mass is 10.0. The van der Waals surface area contributed by atoms with E-state index >= 15 is 0 Å². The van der Waals surface area contributed by atoms with Crippen LogP contribution in [0.5, 0.6) is 0 Å². The molecule has 0 aliphatic carbocycles. The van der Waals surface area contributed by atoms with E-state index in [1.54, 1.807) is 36.4 Å². The van der Waals surface area contributed by atoms with Gasteiger partial charge in [-0.05, 0) is 18.9 Å². The summed E-state index contributed by atoms with van der Waals surface area (Å²) in [5.74, 6) is -1.96. The average molecular weight is 408 g/mol. The van der Waals surface area contributed by atoms with Gasteiger partial charge in [0.1, 0.15) is 17.4 Å². The average Bonchev–Trinajstić information content (AvgIpc) is 3.36. The number of Topliss-reactive ketones (excluding diaryl/α,β-unsaturated/α-hetero) is 2.